The molecule has 5 nitrogen and oxygen atoms in total. The Balaban J connectivity index is 3.45. The Hall–Kier alpha value is -1.01. The second-order valence-electron chi connectivity index (χ2n) is 2.77. The minimum absolute atomic E-state index is 0.0246. The van der Waals surface area contributed by atoms with Crippen molar-refractivity contribution in [1.82, 2.24) is 0 Å². The summed E-state index contributed by atoms with van der Waals surface area (Å²) in [5, 5.41) is 19.5. The van der Waals surface area contributed by atoms with Crippen LogP contribution in [0.25, 0.3) is 0 Å². The van der Waals surface area contributed by atoms with E-state index in [0.717, 1.165) is 6.07 Å². The van der Waals surface area contributed by atoms with Gasteiger partial charge in [0.2, 0.25) is 0 Å². The van der Waals surface area contributed by atoms with Crippen molar-refractivity contribution in [1.29, 1.82) is 5.26 Å². The maximum absolute atomic E-state index is 11.5. The Bertz CT molecular complexity index is 510. The molecule has 7 heteroatoms. The number of Topliss-reactive ketones (excluding diaryl/α,β-unsaturated/α-hetero) is 1. The van der Waals surface area contributed by atoms with Gasteiger partial charge in [-0.05, 0) is 28.7 Å². The van der Waals surface area contributed by atoms with Crippen LogP contribution in [0.1, 0.15) is 15.9 Å². The molecule has 0 saturated carbocycles. The molecule has 0 amide bonds. The fourth-order valence-corrected chi connectivity index (χ4v) is 2.06. The minimum atomic E-state index is -0.578. The number of carbonyl (C=O) groups excluding carboxylic acids is 1. The lowest BCUT2D eigenvalue weighted by molar-refractivity contribution is -0.385. The molecule has 0 N–H and O–H groups in total. The van der Waals surface area contributed by atoms with E-state index >= 15 is 0 Å². The van der Waals surface area contributed by atoms with Gasteiger partial charge in [0.05, 0.1) is 19.4 Å². The molecule has 0 aliphatic rings. The molecule has 0 unspecified atom stereocenters. The Morgan fingerprint density at radius 2 is 2.25 bits per heavy atom. The lowest BCUT2D eigenvalue weighted by Crippen LogP contribution is -2.05. The fourth-order valence-electron chi connectivity index (χ4n) is 1.10. The average molecular weight is 395 g/mol. The topological polar surface area (TPSA) is 84.0 Å². The minimum Gasteiger partial charge on any atom is -0.293 e. The number of ketones is 1. The summed E-state index contributed by atoms with van der Waals surface area (Å²) < 4.78 is 0.339. The standard InChI is InChI=1S/C9H4BrIN2O3/c10-3-9(14)6-2-7(11)8(13(15)16)1-5(6)4-12/h1-2H,3H2. The van der Waals surface area contributed by atoms with Crippen LogP contribution in [0.5, 0.6) is 0 Å². The van der Waals surface area contributed by atoms with Gasteiger partial charge in [0.1, 0.15) is 6.07 Å². The Labute approximate surface area is 113 Å². The van der Waals surface area contributed by atoms with Crippen LogP contribution in [0.2, 0.25) is 0 Å². The van der Waals surface area contributed by atoms with E-state index in [4.69, 9.17) is 5.26 Å². The van der Waals surface area contributed by atoms with Crippen LogP contribution in [0.15, 0.2) is 12.1 Å². The molecule has 0 radical (unpaired) electrons. The Morgan fingerprint density at radius 3 is 2.69 bits per heavy atom. The molecule has 0 spiro atoms. The Kier molecular flexibility index (Phi) is 4.37. The largest absolute Gasteiger partial charge is 0.293 e. The van der Waals surface area contributed by atoms with Gasteiger partial charge in [0, 0.05) is 11.6 Å². The first-order valence-electron chi connectivity index (χ1n) is 3.98. The fraction of sp³-hybridized carbons (Fsp3) is 0.111. The SMILES string of the molecule is N#Cc1cc([N+](=O)[O-])c(I)cc1C(=O)CBr. The third kappa shape index (κ3) is 2.56. The maximum Gasteiger partial charge on any atom is 0.284 e. The van der Waals surface area contributed by atoms with Crippen LogP contribution in [0, 0.1) is 25.0 Å². The van der Waals surface area contributed by atoms with Crippen molar-refractivity contribution in [2.45, 2.75) is 0 Å². The van der Waals surface area contributed by atoms with Crippen molar-refractivity contribution >= 4 is 50.0 Å². The molecule has 82 valence electrons. The average Bonchev–Trinajstić information content (AvgIpc) is 2.27. The van der Waals surface area contributed by atoms with Crippen LogP contribution >= 0.6 is 38.5 Å². The molecule has 1 aromatic rings. The van der Waals surface area contributed by atoms with Crippen LogP contribution < -0.4 is 0 Å². The summed E-state index contributed by atoms with van der Waals surface area (Å²) in [6.07, 6.45) is 0. The lowest BCUT2D eigenvalue weighted by atomic mass is 10.0. The van der Waals surface area contributed by atoms with Gasteiger partial charge in [-0.25, -0.2) is 0 Å². The maximum atomic E-state index is 11.5. The number of halogens is 2. The zero-order chi connectivity index (χ0) is 12.3. The molecular weight excluding hydrogens is 391 g/mol. The molecule has 0 aliphatic carbocycles. The van der Waals surface area contributed by atoms with E-state index in [-0.39, 0.29) is 27.9 Å². The highest BCUT2D eigenvalue weighted by atomic mass is 127. The van der Waals surface area contributed by atoms with E-state index in [2.05, 4.69) is 15.9 Å². The summed E-state index contributed by atoms with van der Waals surface area (Å²) in [6.45, 7) is 0. The zero-order valence-electron chi connectivity index (χ0n) is 7.74. The summed E-state index contributed by atoms with van der Waals surface area (Å²) in [7, 11) is 0. The molecule has 1 aromatic carbocycles. The summed E-state index contributed by atoms with van der Waals surface area (Å²) in [5.41, 5.74) is 0.0641. The molecule has 16 heavy (non-hydrogen) atoms. The van der Waals surface area contributed by atoms with E-state index in [0.29, 0.717) is 3.57 Å². The Morgan fingerprint density at radius 1 is 1.62 bits per heavy atom. The number of hydrogen-bond acceptors (Lipinski definition) is 4. The van der Waals surface area contributed by atoms with Crippen LogP contribution in [0.4, 0.5) is 5.69 Å². The highest BCUT2D eigenvalue weighted by molar-refractivity contribution is 14.1. The van der Waals surface area contributed by atoms with Gasteiger partial charge in [-0.1, -0.05) is 15.9 Å². The third-order valence-corrected chi connectivity index (χ3v) is 3.20. The number of nitrogens with zero attached hydrogens (tertiary/aromatic N) is 2. The highest BCUT2D eigenvalue weighted by Gasteiger charge is 2.19. The normalized spacial score (nSPS) is 9.56. The molecule has 0 atom stereocenters. The number of carbonyl (C=O) groups is 1. The number of rotatable bonds is 3. The number of nitro benzene ring substituents is 1. The molecule has 1 rings (SSSR count). The molecule has 0 bridgehead atoms. The first-order valence-corrected chi connectivity index (χ1v) is 6.18. The van der Waals surface area contributed by atoms with Crippen molar-refractivity contribution in [3.05, 3.63) is 36.9 Å². The van der Waals surface area contributed by atoms with E-state index in [1.54, 1.807) is 28.7 Å². The first kappa shape index (κ1) is 13.1. The van der Waals surface area contributed by atoms with Crippen LogP contribution in [-0.4, -0.2) is 16.0 Å². The van der Waals surface area contributed by atoms with E-state index < -0.39 is 4.92 Å². The van der Waals surface area contributed by atoms with Crippen LogP contribution in [-0.2, 0) is 0 Å². The number of alkyl halides is 1. The van der Waals surface area contributed by atoms with Crippen molar-refractivity contribution in [3.63, 3.8) is 0 Å². The smallest absolute Gasteiger partial charge is 0.284 e. The second-order valence-corrected chi connectivity index (χ2v) is 4.50. The summed E-state index contributed by atoms with van der Waals surface area (Å²) >= 11 is 4.76. The summed E-state index contributed by atoms with van der Waals surface area (Å²) in [4.78, 5) is 21.5. The van der Waals surface area contributed by atoms with Crippen molar-refractivity contribution in [2.75, 3.05) is 5.33 Å². The number of benzene rings is 1. The summed E-state index contributed by atoms with van der Waals surface area (Å²) in [5.74, 6) is -0.274. The first-order chi connectivity index (χ1) is 7.51. The van der Waals surface area contributed by atoms with Gasteiger partial charge >= 0.3 is 0 Å². The predicted octanol–water partition coefficient (Wildman–Crippen LogP) is 2.65. The quantitative estimate of drug-likeness (QED) is 0.259. The lowest BCUT2D eigenvalue weighted by Gasteiger charge is -2.02. The number of nitriles is 1. The van der Waals surface area contributed by atoms with E-state index in [1.807, 2.05) is 0 Å². The molecular formula is C9H4BrIN2O3. The van der Waals surface area contributed by atoms with Crippen molar-refractivity contribution in [3.8, 4) is 6.07 Å². The van der Waals surface area contributed by atoms with Gasteiger partial charge in [0.25, 0.3) is 5.69 Å². The molecule has 0 aliphatic heterocycles. The monoisotopic (exact) mass is 394 g/mol. The third-order valence-electron chi connectivity index (χ3n) is 1.83. The molecule has 0 fully saturated rings. The summed E-state index contributed by atoms with van der Waals surface area (Å²) in [6, 6.07) is 4.27. The second kappa shape index (κ2) is 5.36. The van der Waals surface area contributed by atoms with Crippen molar-refractivity contribution < 1.29 is 9.72 Å². The molecule has 0 aromatic heterocycles. The molecule has 0 saturated heterocycles. The van der Waals surface area contributed by atoms with Crippen LogP contribution in [0.3, 0.4) is 0 Å². The number of hydrogen-bond donors (Lipinski definition) is 0. The van der Waals surface area contributed by atoms with Gasteiger partial charge in [-0.2, -0.15) is 5.26 Å². The molecule has 0 heterocycles. The van der Waals surface area contributed by atoms with E-state index in [1.165, 1.54) is 6.07 Å². The number of nitro groups is 1. The van der Waals surface area contributed by atoms with Gasteiger partial charge in [-0.15, -0.1) is 0 Å². The van der Waals surface area contributed by atoms with Gasteiger partial charge in [-0.3, -0.25) is 14.9 Å². The predicted molar refractivity (Wildman–Crippen MR) is 68.7 cm³/mol. The highest BCUT2D eigenvalue weighted by Crippen LogP contribution is 2.25. The zero-order valence-corrected chi connectivity index (χ0v) is 11.5. The van der Waals surface area contributed by atoms with E-state index in [9.17, 15) is 14.9 Å². The van der Waals surface area contributed by atoms with Gasteiger partial charge < -0.3 is 0 Å². The van der Waals surface area contributed by atoms with Crippen molar-refractivity contribution in [2.24, 2.45) is 0 Å². The van der Waals surface area contributed by atoms with Gasteiger partial charge in [0.15, 0.2) is 5.78 Å².